The van der Waals surface area contributed by atoms with Gasteiger partial charge >= 0.3 is 11.9 Å². The first-order chi connectivity index (χ1) is 9.57. The van der Waals surface area contributed by atoms with Crippen molar-refractivity contribution in [2.24, 2.45) is 0 Å². The third-order valence-corrected chi connectivity index (χ3v) is 4.60. The SMILES string of the molecule is CCOC(=O)CS(=O)(=O)N1CCC[C@@H]1C(=O)OC(C)(C)C. The highest BCUT2D eigenvalue weighted by molar-refractivity contribution is 7.89. The summed E-state index contributed by atoms with van der Waals surface area (Å²) in [5.41, 5.74) is -0.684. The molecule has 1 aliphatic heterocycles. The molecule has 0 N–H and O–H groups in total. The van der Waals surface area contributed by atoms with E-state index in [2.05, 4.69) is 4.74 Å². The average molecular weight is 321 g/mol. The van der Waals surface area contributed by atoms with E-state index in [4.69, 9.17) is 4.74 Å². The quantitative estimate of drug-likeness (QED) is 0.692. The fraction of sp³-hybridized carbons (Fsp3) is 0.846. The van der Waals surface area contributed by atoms with Crippen molar-refractivity contribution < 1.29 is 27.5 Å². The molecule has 21 heavy (non-hydrogen) atoms. The molecule has 0 aromatic heterocycles. The highest BCUT2D eigenvalue weighted by Gasteiger charge is 2.41. The molecule has 122 valence electrons. The monoisotopic (exact) mass is 321 g/mol. The molecule has 1 heterocycles. The average Bonchev–Trinajstić information content (AvgIpc) is 2.75. The lowest BCUT2D eigenvalue weighted by molar-refractivity contribution is -0.158. The van der Waals surface area contributed by atoms with Crippen molar-refractivity contribution in [2.75, 3.05) is 18.9 Å². The summed E-state index contributed by atoms with van der Waals surface area (Å²) in [5.74, 6) is -2.14. The topological polar surface area (TPSA) is 90.0 Å². The Balaban J connectivity index is 2.81. The van der Waals surface area contributed by atoms with Crippen LogP contribution in [0.4, 0.5) is 0 Å². The largest absolute Gasteiger partial charge is 0.465 e. The van der Waals surface area contributed by atoms with Crippen LogP contribution in [0.15, 0.2) is 0 Å². The van der Waals surface area contributed by atoms with Gasteiger partial charge in [-0.25, -0.2) is 8.42 Å². The summed E-state index contributed by atoms with van der Waals surface area (Å²) >= 11 is 0. The van der Waals surface area contributed by atoms with E-state index >= 15 is 0 Å². The van der Waals surface area contributed by atoms with Gasteiger partial charge in [-0.1, -0.05) is 0 Å². The zero-order chi connectivity index (χ0) is 16.3. The molecule has 0 bridgehead atoms. The van der Waals surface area contributed by atoms with Crippen LogP contribution in [0.2, 0.25) is 0 Å². The van der Waals surface area contributed by atoms with Crippen LogP contribution in [0.1, 0.15) is 40.5 Å². The second-order valence-corrected chi connectivity index (χ2v) is 7.78. The van der Waals surface area contributed by atoms with E-state index in [1.54, 1.807) is 27.7 Å². The molecule has 0 aliphatic carbocycles. The summed E-state index contributed by atoms with van der Waals surface area (Å²) in [6, 6.07) is -0.858. The Morgan fingerprint density at radius 3 is 2.43 bits per heavy atom. The van der Waals surface area contributed by atoms with Crippen LogP contribution in [0, 0.1) is 0 Å². The molecule has 0 radical (unpaired) electrons. The highest BCUT2D eigenvalue weighted by atomic mass is 32.2. The number of sulfonamides is 1. The van der Waals surface area contributed by atoms with Crippen molar-refractivity contribution in [3.8, 4) is 0 Å². The van der Waals surface area contributed by atoms with Crippen LogP contribution in [-0.2, 0) is 29.1 Å². The van der Waals surface area contributed by atoms with Gasteiger partial charge in [0.2, 0.25) is 10.0 Å². The van der Waals surface area contributed by atoms with Crippen LogP contribution in [0.5, 0.6) is 0 Å². The standard InChI is InChI=1S/C13H23NO6S/c1-5-19-11(15)9-21(17,18)14-8-6-7-10(14)12(16)20-13(2,3)4/h10H,5-9H2,1-4H3/t10-/m1/s1. The van der Waals surface area contributed by atoms with E-state index in [1.807, 2.05) is 0 Å². The maximum absolute atomic E-state index is 12.2. The van der Waals surface area contributed by atoms with Crippen LogP contribution in [0.3, 0.4) is 0 Å². The van der Waals surface area contributed by atoms with Gasteiger partial charge in [-0.2, -0.15) is 4.31 Å². The number of hydrogen-bond acceptors (Lipinski definition) is 6. The van der Waals surface area contributed by atoms with Crippen molar-refractivity contribution in [2.45, 2.75) is 52.2 Å². The van der Waals surface area contributed by atoms with Gasteiger partial charge in [0.25, 0.3) is 0 Å². The fourth-order valence-corrected chi connectivity index (χ4v) is 3.65. The maximum atomic E-state index is 12.2. The first-order valence-corrected chi connectivity index (χ1v) is 8.56. The van der Waals surface area contributed by atoms with Crippen LogP contribution in [-0.4, -0.2) is 55.2 Å². The van der Waals surface area contributed by atoms with Crippen molar-refractivity contribution in [3.05, 3.63) is 0 Å². The molecule has 0 spiro atoms. The van der Waals surface area contributed by atoms with Crippen LogP contribution < -0.4 is 0 Å². The fourth-order valence-electron chi connectivity index (χ4n) is 2.11. The number of ether oxygens (including phenoxy) is 2. The number of nitrogens with zero attached hydrogens (tertiary/aromatic N) is 1. The highest BCUT2D eigenvalue weighted by Crippen LogP contribution is 2.24. The van der Waals surface area contributed by atoms with E-state index in [-0.39, 0.29) is 13.2 Å². The molecule has 0 aromatic rings. The molecule has 0 aromatic carbocycles. The minimum Gasteiger partial charge on any atom is -0.465 e. The summed E-state index contributed by atoms with van der Waals surface area (Å²) < 4.78 is 35.4. The van der Waals surface area contributed by atoms with Crippen LogP contribution >= 0.6 is 0 Å². The minimum absolute atomic E-state index is 0.115. The number of carbonyl (C=O) groups excluding carboxylic acids is 2. The van der Waals surface area contributed by atoms with Crippen molar-refractivity contribution in [1.82, 2.24) is 4.31 Å². The third-order valence-electron chi connectivity index (χ3n) is 2.85. The lowest BCUT2D eigenvalue weighted by Gasteiger charge is -2.26. The zero-order valence-corrected chi connectivity index (χ0v) is 13.7. The van der Waals surface area contributed by atoms with Gasteiger partial charge in [-0.05, 0) is 40.5 Å². The molecule has 1 atom stereocenters. The van der Waals surface area contributed by atoms with Gasteiger partial charge in [0.15, 0.2) is 5.75 Å². The molecule has 0 amide bonds. The Morgan fingerprint density at radius 1 is 1.29 bits per heavy atom. The molecule has 8 heteroatoms. The third kappa shape index (κ3) is 5.28. The molecule has 1 aliphatic rings. The first kappa shape index (κ1) is 17.9. The molecule has 0 saturated carbocycles. The summed E-state index contributed by atoms with van der Waals surface area (Å²) in [7, 11) is -3.87. The summed E-state index contributed by atoms with van der Waals surface area (Å²) in [5, 5.41) is 0. The second-order valence-electron chi connectivity index (χ2n) is 5.86. The number of carbonyl (C=O) groups is 2. The molecule has 0 unspecified atom stereocenters. The summed E-state index contributed by atoms with van der Waals surface area (Å²) in [6.45, 7) is 7.09. The second kappa shape index (κ2) is 6.74. The van der Waals surface area contributed by atoms with E-state index < -0.39 is 39.4 Å². The Labute approximate surface area is 125 Å². The summed E-state index contributed by atoms with van der Waals surface area (Å²) in [4.78, 5) is 23.5. The lowest BCUT2D eigenvalue weighted by Crippen LogP contribution is -2.45. The van der Waals surface area contributed by atoms with E-state index in [0.29, 0.717) is 12.8 Å². The molecular formula is C13H23NO6S. The van der Waals surface area contributed by atoms with Gasteiger partial charge in [0.05, 0.1) is 6.61 Å². The van der Waals surface area contributed by atoms with Gasteiger partial charge in [0, 0.05) is 6.54 Å². The van der Waals surface area contributed by atoms with Gasteiger partial charge in [-0.15, -0.1) is 0 Å². The van der Waals surface area contributed by atoms with Gasteiger partial charge in [0.1, 0.15) is 11.6 Å². The lowest BCUT2D eigenvalue weighted by atomic mass is 10.2. The van der Waals surface area contributed by atoms with Crippen molar-refractivity contribution in [1.29, 1.82) is 0 Å². The molecule has 7 nitrogen and oxygen atoms in total. The minimum atomic E-state index is -3.87. The molecule has 1 fully saturated rings. The predicted molar refractivity (Wildman–Crippen MR) is 76.0 cm³/mol. The zero-order valence-electron chi connectivity index (χ0n) is 12.9. The first-order valence-electron chi connectivity index (χ1n) is 6.95. The Bertz CT molecular complexity index is 493. The number of esters is 2. The molecule has 1 saturated heterocycles. The predicted octanol–water partition coefficient (Wildman–Crippen LogP) is 0.685. The smallest absolute Gasteiger partial charge is 0.324 e. The van der Waals surface area contributed by atoms with Crippen molar-refractivity contribution in [3.63, 3.8) is 0 Å². The van der Waals surface area contributed by atoms with Gasteiger partial charge < -0.3 is 9.47 Å². The van der Waals surface area contributed by atoms with Crippen LogP contribution in [0.25, 0.3) is 0 Å². The Hall–Kier alpha value is -1.15. The van der Waals surface area contributed by atoms with Crippen molar-refractivity contribution >= 4 is 22.0 Å². The molecule has 1 rings (SSSR count). The van der Waals surface area contributed by atoms with E-state index in [0.717, 1.165) is 4.31 Å². The van der Waals surface area contributed by atoms with E-state index in [1.165, 1.54) is 0 Å². The maximum Gasteiger partial charge on any atom is 0.324 e. The van der Waals surface area contributed by atoms with E-state index in [9.17, 15) is 18.0 Å². The number of hydrogen-bond donors (Lipinski definition) is 0. The number of rotatable bonds is 5. The van der Waals surface area contributed by atoms with Gasteiger partial charge in [-0.3, -0.25) is 9.59 Å². The molecular weight excluding hydrogens is 298 g/mol. The Morgan fingerprint density at radius 2 is 1.90 bits per heavy atom. The Kier molecular flexibility index (Phi) is 5.75. The normalized spacial score (nSPS) is 20.3. The summed E-state index contributed by atoms with van der Waals surface area (Å²) in [6.07, 6.45) is 0.961.